The molecule has 3 N–H and O–H groups in total. The molecule has 0 amide bonds. The molecular formula is C28H33ClN4. The maximum Gasteiger partial charge on any atom is 0.273 e. The van der Waals surface area contributed by atoms with E-state index in [1.165, 1.54) is 11.1 Å². The second kappa shape index (κ2) is 9.50. The summed E-state index contributed by atoms with van der Waals surface area (Å²) < 4.78 is 0. The summed E-state index contributed by atoms with van der Waals surface area (Å²) >= 11 is 0. The first-order chi connectivity index (χ1) is 15.1. The van der Waals surface area contributed by atoms with Crippen molar-refractivity contribution in [2.75, 3.05) is 5.32 Å². The van der Waals surface area contributed by atoms with Crippen LogP contribution in [0.25, 0.3) is 11.0 Å². The van der Waals surface area contributed by atoms with Crippen LogP contribution in [0.15, 0.2) is 72.8 Å². The number of quaternary nitrogens is 1. The van der Waals surface area contributed by atoms with Crippen LogP contribution in [0.3, 0.4) is 0 Å². The Balaban J connectivity index is 0.00000306. The van der Waals surface area contributed by atoms with E-state index in [0.717, 1.165) is 34.0 Å². The number of nitrogens with two attached hydrogens (primary N) is 1. The Morgan fingerprint density at radius 3 is 1.64 bits per heavy atom. The van der Waals surface area contributed by atoms with E-state index >= 15 is 0 Å². The molecular weight excluding hydrogens is 428 g/mol. The molecule has 4 nitrogen and oxygen atoms in total. The van der Waals surface area contributed by atoms with Gasteiger partial charge in [-0.05, 0) is 58.4 Å². The molecule has 0 bridgehead atoms. The number of anilines is 2. The summed E-state index contributed by atoms with van der Waals surface area (Å²) in [6.45, 7) is 13.4. The molecule has 0 saturated carbocycles. The Labute approximate surface area is 203 Å². The Hall–Kier alpha value is -2.95. The Bertz CT molecular complexity index is 1120. The highest BCUT2D eigenvalue weighted by Gasteiger charge is 2.17. The van der Waals surface area contributed by atoms with Gasteiger partial charge in [-0.2, -0.15) is 4.98 Å². The fourth-order valence-corrected chi connectivity index (χ4v) is 3.63. The number of fused-ring (bicyclic) bond motifs is 1. The SMILES string of the molecule is CC(C)(C)c1ccc(Nc2nc3ccccc3nc2[NH2+]c2ccc(C(C)(C)C)cc2)cc1.[Cl-]. The van der Waals surface area contributed by atoms with Crippen LogP contribution in [0.5, 0.6) is 0 Å². The van der Waals surface area contributed by atoms with Crippen LogP contribution in [0.2, 0.25) is 0 Å². The Kier molecular flexibility index (Phi) is 7.11. The van der Waals surface area contributed by atoms with Crippen LogP contribution in [0.1, 0.15) is 52.7 Å². The van der Waals surface area contributed by atoms with E-state index in [0.29, 0.717) is 0 Å². The van der Waals surface area contributed by atoms with Gasteiger partial charge in [0.25, 0.3) is 5.82 Å². The predicted octanol–water partition coefficient (Wildman–Crippen LogP) is 3.50. The van der Waals surface area contributed by atoms with Gasteiger partial charge in [-0.15, -0.1) is 0 Å². The summed E-state index contributed by atoms with van der Waals surface area (Å²) in [5, 5.41) is 5.59. The zero-order valence-electron chi connectivity index (χ0n) is 20.3. The lowest BCUT2D eigenvalue weighted by molar-refractivity contribution is -0.482. The smallest absolute Gasteiger partial charge is 0.273 e. The monoisotopic (exact) mass is 460 g/mol. The van der Waals surface area contributed by atoms with Gasteiger partial charge in [0.15, 0.2) is 0 Å². The first-order valence-corrected chi connectivity index (χ1v) is 11.2. The Morgan fingerprint density at radius 2 is 1.12 bits per heavy atom. The lowest BCUT2D eigenvalue weighted by Gasteiger charge is -2.19. The lowest BCUT2D eigenvalue weighted by atomic mass is 9.87. The van der Waals surface area contributed by atoms with Crippen molar-refractivity contribution in [3.63, 3.8) is 0 Å². The van der Waals surface area contributed by atoms with Gasteiger partial charge in [0.05, 0.1) is 11.0 Å². The molecule has 1 heterocycles. The summed E-state index contributed by atoms with van der Waals surface area (Å²) in [5.41, 5.74) is 6.75. The van der Waals surface area contributed by atoms with Crippen molar-refractivity contribution in [1.29, 1.82) is 0 Å². The quantitative estimate of drug-likeness (QED) is 0.458. The number of halogens is 1. The number of nitrogens with one attached hydrogen (secondary N) is 1. The van der Waals surface area contributed by atoms with Crippen LogP contribution >= 0.6 is 0 Å². The molecule has 0 spiro atoms. The molecule has 4 aromatic rings. The third-order valence-corrected chi connectivity index (χ3v) is 5.69. The second-order valence-corrected chi connectivity index (χ2v) is 10.4. The highest BCUT2D eigenvalue weighted by Crippen LogP contribution is 2.27. The molecule has 0 radical (unpaired) electrons. The second-order valence-electron chi connectivity index (χ2n) is 10.4. The predicted molar refractivity (Wildman–Crippen MR) is 134 cm³/mol. The largest absolute Gasteiger partial charge is 1.00 e. The molecule has 0 unspecified atom stereocenters. The normalized spacial score (nSPS) is 11.8. The van der Waals surface area contributed by atoms with Gasteiger partial charge in [-0.25, -0.2) is 4.98 Å². The molecule has 0 atom stereocenters. The Morgan fingerprint density at radius 1 is 0.636 bits per heavy atom. The van der Waals surface area contributed by atoms with Crippen LogP contribution in [0.4, 0.5) is 23.0 Å². The topological polar surface area (TPSA) is 54.4 Å². The third kappa shape index (κ3) is 5.89. The number of aromatic nitrogens is 2. The van der Waals surface area contributed by atoms with Gasteiger partial charge in [0.1, 0.15) is 5.69 Å². The molecule has 172 valence electrons. The first kappa shape index (κ1) is 24.7. The summed E-state index contributed by atoms with van der Waals surface area (Å²) in [7, 11) is 0. The van der Waals surface area contributed by atoms with Crippen molar-refractivity contribution in [3.8, 4) is 0 Å². The van der Waals surface area contributed by atoms with E-state index in [1.807, 2.05) is 24.3 Å². The molecule has 0 aliphatic heterocycles. The van der Waals surface area contributed by atoms with Gasteiger partial charge < -0.3 is 17.7 Å². The average molecular weight is 461 g/mol. The molecule has 5 heteroatoms. The molecule has 0 aliphatic carbocycles. The van der Waals surface area contributed by atoms with Crippen LogP contribution in [0, 0.1) is 0 Å². The number of nitrogens with zero attached hydrogens (tertiary/aromatic N) is 2. The number of hydrogen-bond acceptors (Lipinski definition) is 3. The maximum absolute atomic E-state index is 4.91. The lowest BCUT2D eigenvalue weighted by Crippen LogP contribution is -3.00. The highest BCUT2D eigenvalue weighted by atomic mass is 35.5. The minimum Gasteiger partial charge on any atom is -1.00 e. The summed E-state index contributed by atoms with van der Waals surface area (Å²) in [6.07, 6.45) is 0. The van der Waals surface area contributed by atoms with Gasteiger partial charge in [0.2, 0.25) is 5.82 Å². The molecule has 0 saturated heterocycles. The molecule has 1 aromatic heterocycles. The van der Waals surface area contributed by atoms with Crippen molar-refractivity contribution < 1.29 is 17.7 Å². The van der Waals surface area contributed by atoms with Crippen LogP contribution in [-0.2, 0) is 10.8 Å². The first-order valence-electron chi connectivity index (χ1n) is 11.2. The molecule has 3 aromatic carbocycles. The fraction of sp³-hybridized carbons (Fsp3) is 0.286. The maximum atomic E-state index is 4.91. The van der Waals surface area contributed by atoms with Crippen LogP contribution < -0.4 is 23.0 Å². The van der Waals surface area contributed by atoms with Gasteiger partial charge in [-0.3, -0.25) is 5.32 Å². The van der Waals surface area contributed by atoms with E-state index in [9.17, 15) is 0 Å². The third-order valence-electron chi connectivity index (χ3n) is 5.69. The summed E-state index contributed by atoms with van der Waals surface area (Å²) in [5.74, 6) is 1.58. The van der Waals surface area contributed by atoms with E-state index in [1.54, 1.807) is 0 Å². The van der Waals surface area contributed by atoms with Crippen molar-refractivity contribution in [3.05, 3.63) is 83.9 Å². The standard InChI is InChI=1S/C28H32N4.ClH/c1-27(2,3)19-11-15-21(16-12-19)29-25-26(32-24-10-8-7-9-23(24)31-25)30-22-17-13-20(14-18-22)28(4,5)6;/h7-18H,1-6H3,(H,29,31)(H,30,32);1H. The van der Waals surface area contributed by atoms with Crippen molar-refractivity contribution in [1.82, 2.24) is 9.97 Å². The molecule has 0 fully saturated rings. The van der Waals surface area contributed by atoms with E-state index in [2.05, 4.69) is 101 Å². The number of benzene rings is 3. The minimum atomic E-state index is 0. The number of rotatable bonds is 4. The van der Waals surface area contributed by atoms with Gasteiger partial charge in [0, 0.05) is 5.69 Å². The number of para-hydroxylation sites is 2. The summed E-state index contributed by atoms with van der Waals surface area (Å²) in [4.78, 5) is 9.80. The number of hydrogen-bond donors (Lipinski definition) is 2. The minimum absolute atomic E-state index is 0. The van der Waals surface area contributed by atoms with Crippen molar-refractivity contribution in [2.24, 2.45) is 0 Å². The summed E-state index contributed by atoms with van der Waals surface area (Å²) in [6, 6.07) is 25.2. The van der Waals surface area contributed by atoms with Crippen molar-refractivity contribution in [2.45, 2.75) is 52.4 Å². The van der Waals surface area contributed by atoms with E-state index in [4.69, 9.17) is 9.97 Å². The molecule has 4 rings (SSSR count). The highest BCUT2D eigenvalue weighted by molar-refractivity contribution is 5.79. The van der Waals surface area contributed by atoms with Crippen LogP contribution in [-0.4, -0.2) is 9.97 Å². The molecule has 0 aliphatic rings. The zero-order valence-corrected chi connectivity index (χ0v) is 21.0. The zero-order chi connectivity index (χ0) is 22.9. The molecule has 33 heavy (non-hydrogen) atoms. The van der Waals surface area contributed by atoms with Gasteiger partial charge >= 0.3 is 0 Å². The van der Waals surface area contributed by atoms with Gasteiger partial charge in [-0.1, -0.05) is 77.9 Å². The fourth-order valence-electron chi connectivity index (χ4n) is 3.63. The van der Waals surface area contributed by atoms with Crippen molar-refractivity contribution >= 4 is 34.0 Å². The average Bonchev–Trinajstić information content (AvgIpc) is 2.73. The van der Waals surface area contributed by atoms with E-state index < -0.39 is 0 Å². The van der Waals surface area contributed by atoms with E-state index in [-0.39, 0.29) is 23.2 Å².